The summed E-state index contributed by atoms with van der Waals surface area (Å²) in [6.45, 7) is 1.13. The molecule has 166 valence electrons. The molecule has 8 nitrogen and oxygen atoms in total. The summed E-state index contributed by atoms with van der Waals surface area (Å²) < 4.78 is 16.6. The number of fused-ring (bicyclic) bond motifs is 1. The molecule has 33 heavy (non-hydrogen) atoms. The number of benzene rings is 2. The van der Waals surface area contributed by atoms with Gasteiger partial charge in [0.15, 0.2) is 0 Å². The second kappa shape index (κ2) is 7.61. The van der Waals surface area contributed by atoms with Gasteiger partial charge in [-0.1, -0.05) is 18.2 Å². The van der Waals surface area contributed by atoms with Gasteiger partial charge in [-0.25, -0.2) is 28.8 Å². The highest BCUT2D eigenvalue weighted by molar-refractivity contribution is 5.83. The Bertz CT molecular complexity index is 1440. The van der Waals surface area contributed by atoms with E-state index < -0.39 is 11.5 Å². The Morgan fingerprint density at radius 1 is 1.09 bits per heavy atom. The summed E-state index contributed by atoms with van der Waals surface area (Å²) in [6.07, 6.45) is 5.81. The van der Waals surface area contributed by atoms with Crippen LogP contribution in [0.5, 0.6) is 0 Å². The second-order valence-electron chi connectivity index (χ2n) is 8.73. The maximum absolute atomic E-state index is 15.3. The van der Waals surface area contributed by atoms with Crippen molar-refractivity contribution >= 4 is 16.8 Å². The lowest BCUT2D eigenvalue weighted by atomic mass is 10.0. The third-order valence-electron chi connectivity index (χ3n) is 6.52. The fraction of sp³-hybridized carbons (Fsp3) is 0.292. The van der Waals surface area contributed by atoms with Gasteiger partial charge in [0.2, 0.25) is 5.91 Å². The average molecular weight is 444 g/mol. The Morgan fingerprint density at radius 2 is 1.91 bits per heavy atom. The maximum atomic E-state index is 15.3. The van der Waals surface area contributed by atoms with E-state index in [0.29, 0.717) is 30.9 Å². The van der Waals surface area contributed by atoms with E-state index in [2.05, 4.69) is 20.2 Å². The van der Waals surface area contributed by atoms with E-state index in [1.165, 1.54) is 17.0 Å². The van der Waals surface area contributed by atoms with Crippen molar-refractivity contribution in [1.29, 1.82) is 0 Å². The number of carbonyl (C=O) groups is 1. The first-order valence-corrected chi connectivity index (χ1v) is 11.0. The molecule has 4 aromatic rings. The predicted molar refractivity (Wildman–Crippen MR) is 119 cm³/mol. The standard InChI is InChI=1S/C24H21FN6O2/c25-19-9-15(16-3-4-17-11-26-13-27-20(17)10-16)5-6-21(19)31-22(28-29-24(31)33)18-7-8-30(12-18)23(32)14-1-2-14/h3-6,9-11,13-14,18H,1-2,7-8,12H2,(H,29,33). The summed E-state index contributed by atoms with van der Waals surface area (Å²) in [7, 11) is 0. The first kappa shape index (κ1) is 19.8. The van der Waals surface area contributed by atoms with Gasteiger partial charge in [-0.2, -0.15) is 5.10 Å². The molecule has 2 aromatic carbocycles. The zero-order valence-corrected chi connectivity index (χ0v) is 17.7. The van der Waals surface area contributed by atoms with Crippen molar-refractivity contribution in [3.8, 4) is 16.8 Å². The van der Waals surface area contributed by atoms with Crippen molar-refractivity contribution in [3.63, 3.8) is 0 Å². The molecular formula is C24H21FN6O2. The van der Waals surface area contributed by atoms with Gasteiger partial charge in [0.05, 0.1) is 11.2 Å². The molecule has 6 rings (SSSR count). The Kier molecular flexibility index (Phi) is 4.56. The van der Waals surface area contributed by atoms with E-state index in [0.717, 1.165) is 29.3 Å². The highest BCUT2D eigenvalue weighted by atomic mass is 19.1. The van der Waals surface area contributed by atoms with Crippen LogP contribution >= 0.6 is 0 Å². The van der Waals surface area contributed by atoms with E-state index in [-0.39, 0.29) is 23.4 Å². The lowest BCUT2D eigenvalue weighted by Gasteiger charge is -2.16. The maximum Gasteiger partial charge on any atom is 0.348 e. The quantitative estimate of drug-likeness (QED) is 0.522. The van der Waals surface area contributed by atoms with E-state index >= 15 is 4.39 Å². The molecule has 2 aliphatic rings. The Labute approximate surface area is 188 Å². The molecule has 1 aliphatic carbocycles. The predicted octanol–water partition coefficient (Wildman–Crippen LogP) is 3.04. The highest BCUT2D eigenvalue weighted by Crippen LogP contribution is 2.35. The lowest BCUT2D eigenvalue weighted by Crippen LogP contribution is -2.30. The number of halogens is 1. The number of carbonyl (C=O) groups excluding carboxylic acids is 1. The van der Waals surface area contributed by atoms with Crippen LogP contribution in [0.1, 0.15) is 31.0 Å². The number of nitrogens with zero attached hydrogens (tertiary/aromatic N) is 5. The van der Waals surface area contributed by atoms with Crippen LogP contribution in [-0.4, -0.2) is 48.6 Å². The number of H-pyrrole nitrogens is 1. The molecule has 1 saturated heterocycles. The number of aromatic amines is 1. The number of likely N-dealkylation sites (tertiary alicyclic amines) is 1. The van der Waals surface area contributed by atoms with E-state index in [4.69, 9.17) is 0 Å². The van der Waals surface area contributed by atoms with Gasteiger partial charge in [-0.15, -0.1) is 0 Å². The van der Waals surface area contributed by atoms with E-state index in [1.807, 2.05) is 23.1 Å². The molecule has 0 radical (unpaired) electrons. The molecule has 9 heteroatoms. The summed E-state index contributed by atoms with van der Waals surface area (Å²) in [5.74, 6) is 0.143. The third kappa shape index (κ3) is 3.49. The summed E-state index contributed by atoms with van der Waals surface area (Å²) in [5, 5.41) is 7.55. The summed E-state index contributed by atoms with van der Waals surface area (Å²) in [5.41, 5.74) is 1.91. The molecule has 1 amide bonds. The van der Waals surface area contributed by atoms with Gasteiger partial charge < -0.3 is 4.90 Å². The fourth-order valence-corrected chi connectivity index (χ4v) is 4.60. The van der Waals surface area contributed by atoms with Crippen LogP contribution in [0.2, 0.25) is 0 Å². The number of hydrogen-bond donors (Lipinski definition) is 1. The molecule has 1 atom stereocenters. The molecule has 1 N–H and O–H groups in total. The van der Waals surface area contributed by atoms with Crippen molar-refractivity contribution in [1.82, 2.24) is 29.6 Å². The minimum absolute atomic E-state index is 0.120. The zero-order chi connectivity index (χ0) is 22.5. The number of rotatable bonds is 4. The number of aromatic nitrogens is 5. The Morgan fingerprint density at radius 3 is 2.73 bits per heavy atom. The first-order valence-electron chi connectivity index (χ1n) is 11.0. The van der Waals surface area contributed by atoms with Crippen molar-refractivity contribution < 1.29 is 9.18 Å². The summed E-state index contributed by atoms with van der Waals surface area (Å²) in [4.78, 5) is 35.1. The Hall–Kier alpha value is -3.88. The van der Waals surface area contributed by atoms with Crippen LogP contribution in [0, 0.1) is 11.7 Å². The number of nitrogens with one attached hydrogen (secondary N) is 1. The van der Waals surface area contributed by atoms with E-state index in [9.17, 15) is 9.59 Å². The monoisotopic (exact) mass is 444 g/mol. The van der Waals surface area contributed by atoms with Crippen LogP contribution in [0.4, 0.5) is 4.39 Å². The molecule has 0 spiro atoms. The van der Waals surface area contributed by atoms with Gasteiger partial charge in [-0.3, -0.25) is 4.79 Å². The highest BCUT2D eigenvalue weighted by Gasteiger charge is 2.38. The van der Waals surface area contributed by atoms with Crippen LogP contribution in [0.3, 0.4) is 0 Å². The molecule has 2 fully saturated rings. The summed E-state index contributed by atoms with van der Waals surface area (Å²) in [6, 6.07) is 10.5. The molecule has 3 heterocycles. The summed E-state index contributed by atoms with van der Waals surface area (Å²) >= 11 is 0. The molecule has 0 bridgehead atoms. The molecule has 1 saturated carbocycles. The fourth-order valence-electron chi connectivity index (χ4n) is 4.60. The van der Waals surface area contributed by atoms with Gasteiger partial charge >= 0.3 is 5.69 Å². The molecule has 1 unspecified atom stereocenters. The number of amides is 1. The zero-order valence-electron chi connectivity index (χ0n) is 17.7. The normalized spacial score (nSPS) is 18.2. The van der Waals surface area contributed by atoms with Crippen LogP contribution in [0.15, 0.2) is 53.7 Å². The van der Waals surface area contributed by atoms with Crippen molar-refractivity contribution in [2.24, 2.45) is 5.92 Å². The van der Waals surface area contributed by atoms with Gasteiger partial charge in [0.25, 0.3) is 0 Å². The van der Waals surface area contributed by atoms with Gasteiger partial charge in [0, 0.05) is 36.5 Å². The SMILES string of the molecule is O=C(C1CC1)N1CCC(c2n[nH]c(=O)n2-c2ccc(-c3ccc4cncnc4c3)cc2F)C1. The first-order chi connectivity index (χ1) is 16.1. The molecular weight excluding hydrogens is 423 g/mol. The minimum Gasteiger partial charge on any atom is -0.342 e. The topological polar surface area (TPSA) is 96.8 Å². The van der Waals surface area contributed by atoms with Gasteiger partial charge in [-0.05, 0) is 48.6 Å². The van der Waals surface area contributed by atoms with Crippen LogP contribution < -0.4 is 5.69 Å². The smallest absolute Gasteiger partial charge is 0.342 e. The largest absolute Gasteiger partial charge is 0.348 e. The molecule has 1 aliphatic heterocycles. The Balaban J connectivity index is 1.32. The van der Waals surface area contributed by atoms with Crippen LogP contribution in [-0.2, 0) is 4.79 Å². The minimum atomic E-state index is -0.524. The third-order valence-corrected chi connectivity index (χ3v) is 6.52. The van der Waals surface area contributed by atoms with Crippen molar-refractivity contribution in [2.75, 3.05) is 13.1 Å². The van der Waals surface area contributed by atoms with Crippen molar-refractivity contribution in [3.05, 3.63) is 71.0 Å². The molecule has 2 aromatic heterocycles. The lowest BCUT2D eigenvalue weighted by molar-refractivity contribution is -0.131. The van der Waals surface area contributed by atoms with Gasteiger partial charge in [0.1, 0.15) is 18.0 Å². The van der Waals surface area contributed by atoms with Crippen molar-refractivity contribution in [2.45, 2.75) is 25.2 Å². The van der Waals surface area contributed by atoms with E-state index in [1.54, 1.807) is 18.3 Å². The number of hydrogen-bond acceptors (Lipinski definition) is 5. The second-order valence-corrected chi connectivity index (χ2v) is 8.73. The van der Waals surface area contributed by atoms with Crippen LogP contribution in [0.25, 0.3) is 27.7 Å². The average Bonchev–Trinajstić information content (AvgIpc) is 3.45.